The number of rotatable bonds is 9. The summed E-state index contributed by atoms with van der Waals surface area (Å²) in [5.41, 5.74) is 5.86. The number of carbonyl (C=O) groups is 3. The van der Waals surface area contributed by atoms with Crippen LogP contribution >= 0.6 is 0 Å². The van der Waals surface area contributed by atoms with E-state index in [1.807, 2.05) is 37.3 Å². The lowest BCUT2D eigenvalue weighted by atomic mass is 10.0. The Kier molecular flexibility index (Phi) is 8.20. The molecule has 0 aromatic heterocycles. The first-order valence-corrected chi connectivity index (χ1v) is 7.47. The first-order chi connectivity index (χ1) is 11.0. The minimum Gasteiger partial charge on any atom is -0.445 e. The predicted octanol–water partition coefficient (Wildman–Crippen LogP) is 0.931. The molecular formula is C16H23N3O4. The molecule has 23 heavy (non-hydrogen) atoms. The molecule has 1 aromatic carbocycles. The van der Waals surface area contributed by atoms with Crippen LogP contribution in [0.2, 0.25) is 0 Å². The molecule has 7 nitrogen and oxygen atoms in total. The van der Waals surface area contributed by atoms with Crippen LogP contribution in [-0.4, -0.2) is 31.0 Å². The Morgan fingerprint density at radius 2 is 1.87 bits per heavy atom. The Labute approximate surface area is 135 Å². The zero-order valence-corrected chi connectivity index (χ0v) is 13.2. The van der Waals surface area contributed by atoms with Crippen LogP contribution in [0, 0.1) is 5.92 Å². The van der Waals surface area contributed by atoms with Crippen molar-refractivity contribution < 1.29 is 19.1 Å². The maximum atomic E-state index is 11.5. The number of hydrogen-bond donors (Lipinski definition) is 3. The minimum atomic E-state index is -0.575. The zero-order valence-electron chi connectivity index (χ0n) is 13.2. The van der Waals surface area contributed by atoms with Crippen LogP contribution in [-0.2, 0) is 20.9 Å². The van der Waals surface area contributed by atoms with Crippen molar-refractivity contribution in [3.05, 3.63) is 35.9 Å². The first-order valence-electron chi connectivity index (χ1n) is 7.47. The largest absolute Gasteiger partial charge is 0.445 e. The summed E-state index contributed by atoms with van der Waals surface area (Å²) in [5.74, 6) is -0.742. The second kappa shape index (κ2) is 10.2. The molecule has 1 unspecified atom stereocenters. The quantitative estimate of drug-likeness (QED) is 0.628. The van der Waals surface area contributed by atoms with E-state index in [2.05, 4.69) is 10.6 Å². The Bertz CT molecular complexity index is 519. The number of nitrogens with two attached hydrogens (primary N) is 1. The molecule has 0 spiro atoms. The predicted molar refractivity (Wildman–Crippen MR) is 85.2 cm³/mol. The van der Waals surface area contributed by atoms with E-state index in [9.17, 15) is 14.4 Å². The molecule has 0 fully saturated rings. The van der Waals surface area contributed by atoms with Crippen LogP contribution < -0.4 is 16.4 Å². The van der Waals surface area contributed by atoms with Crippen molar-refractivity contribution in [3.8, 4) is 0 Å². The van der Waals surface area contributed by atoms with E-state index in [4.69, 9.17) is 10.5 Å². The number of carbonyl (C=O) groups excluding carboxylic acids is 3. The molecule has 1 aromatic rings. The van der Waals surface area contributed by atoms with Gasteiger partial charge in [0.25, 0.3) is 0 Å². The molecule has 0 radical (unpaired) electrons. The van der Waals surface area contributed by atoms with Crippen LogP contribution in [0.3, 0.4) is 0 Å². The van der Waals surface area contributed by atoms with Gasteiger partial charge in [-0.05, 0) is 17.9 Å². The molecule has 0 saturated heterocycles. The fourth-order valence-corrected chi connectivity index (χ4v) is 1.87. The lowest BCUT2D eigenvalue weighted by molar-refractivity contribution is -0.125. The number of hydrogen-bond acceptors (Lipinski definition) is 4. The third kappa shape index (κ3) is 9.13. The van der Waals surface area contributed by atoms with Crippen molar-refractivity contribution >= 4 is 17.9 Å². The summed E-state index contributed by atoms with van der Waals surface area (Å²) in [7, 11) is 0. The van der Waals surface area contributed by atoms with E-state index >= 15 is 0 Å². The van der Waals surface area contributed by atoms with Crippen molar-refractivity contribution in [2.75, 3.05) is 13.1 Å². The summed E-state index contributed by atoms with van der Waals surface area (Å²) in [6.45, 7) is 2.37. The minimum absolute atomic E-state index is 0.0669. The van der Waals surface area contributed by atoms with Crippen molar-refractivity contribution in [3.63, 3.8) is 0 Å². The van der Waals surface area contributed by atoms with Gasteiger partial charge in [0, 0.05) is 13.0 Å². The summed E-state index contributed by atoms with van der Waals surface area (Å²) in [6, 6.07) is 9.40. The molecule has 126 valence electrons. The van der Waals surface area contributed by atoms with Gasteiger partial charge in [-0.25, -0.2) is 4.79 Å². The van der Waals surface area contributed by atoms with Crippen LogP contribution in [0.25, 0.3) is 0 Å². The van der Waals surface area contributed by atoms with Crippen molar-refractivity contribution in [2.24, 2.45) is 11.7 Å². The number of nitrogens with one attached hydrogen (secondary N) is 2. The highest BCUT2D eigenvalue weighted by Crippen LogP contribution is 2.06. The van der Waals surface area contributed by atoms with Crippen LogP contribution in [0.4, 0.5) is 4.79 Å². The molecule has 0 aliphatic heterocycles. The molecule has 0 aliphatic rings. The normalized spacial score (nSPS) is 11.3. The Hall–Kier alpha value is -2.57. The number of benzene rings is 1. The van der Waals surface area contributed by atoms with Gasteiger partial charge in [0.15, 0.2) is 0 Å². The molecule has 3 amide bonds. The van der Waals surface area contributed by atoms with E-state index in [0.29, 0.717) is 13.0 Å². The summed E-state index contributed by atoms with van der Waals surface area (Å²) in [4.78, 5) is 33.6. The molecule has 1 atom stereocenters. The van der Waals surface area contributed by atoms with E-state index in [1.54, 1.807) is 0 Å². The number of alkyl carbamates (subject to hydrolysis) is 1. The molecule has 0 saturated carbocycles. The maximum absolute atomic E-state index is 11.5. The van der Waals surface area contributed by atoms with Crippen molar-refractivity contribution in [2.45, 2.75) is 26.4 Å². The average molecular weight is 321 g/mol. The van der Waals surface area contributed by atoms with Gasteiger partial charge in [0.05, 0.1) is 6.54 Å². The highest BCUT2D eigenvalue weighted by molar-refractivity contribution is 5.83. The average Bonchev–Trinajstić information content (AvgIpc) is 2.52. The van der Waals surface area contributed by atoms with Gasteiger partial charge >= 0.3 is 6.09 Å². The number of primary amides is 1. The molecule has 0 bridgehead atoms. The summed E-state index contributed by atoms with van der Waals surface area (Å²) >= 11 is 0. The molecular weight excluding hydrogens is 298 g/mol. The number of ether oxygens (including phenoxy) is 1. The lowest BCUT2D eigenvalue weighted by Crippen LogP contribution is -2.34. The SMILES string of the molecule is CC(CCNC(=O)OCc1ccccc1)CC(=O)NCC(N)=O. The van der Waals surface area contributed by atoms with Crippen LogP contribution in [0.15, 0.2) is 30.3 Å². The first kappa shape index (κ1) is 18.5. The number of amides is 3. The second-order valence-corrected chi connectivity index (χ2v) is 5.33. The van der Waals surface area contributed by atoms with Crippen molar-refractivity contribution in [1.82, 2.24) is 10.6 Å². The second-order valence-electron chi connectivity index (χ2n) is 5.33. The van der Waals surface area contributed by atoms with Gasteiger partial charge < -0.3 is 21.1 Å². The standard InChI is InChI=1S/C16H23N3O4/c1-12(9-15(21)19-10-14(17)20)7-8-18-16(22)23-11-13-5-3-2-4-6-13/h2-6,12H,7-11H2,1H3,(H2,17,20)(H,18,22)(H,19,21). The fraction of sp³-hybridized carbons (Fsp3) is 0.438. The Balaban J connectivity index is 2.11. The molecule has 0 aliphatic carbocycles. The third-order valence-corrected chi connectivity index (χ3v) is 3.11. The monoisotopic (exact) mass is 321 g/mol. The van der Waals surface area contributed by atoms with E-state index in [-0.39, 0.29) is 31.4 Å². The van der Waals surface area contributed by atoms with Gasteiger partial charge in [-0.1, -0.05) is 37.3 Å². The highest BCUT2D eigenvalue weighted by atomic mass is 16.5. The van der Waals surface area contributed by atoms with E-state index in [1.165, 1.54) is 0 Å². The van der Waals surface area contributed by atoms with Gasteiger partial charge in [-0.15, -0.1) is 0 Å². The third-order valence-electron chi connectivity index (χ3n) is 3.11. The van der Waals surface area contributed by atoms with Gasteiger partial charge in [-0.3, -0.25) is 9.59 Å². The molecule has 4 N–H and O–H groups in total. The van der Waals surface area contributed by atoms with Gasteiger partial charge in [-0.2, -0.15) is 0 Å². The van der Waals surface area contributed by atoms with Gasteiger partial charge in [0.2, 0.25) is 11.8 Å². The zero-order chi connectivity index (χ0) is 17.1. The van der Waals surface area contributed by atoms with E-state index < -0.39 is 12.0 Å². The highest BCUT2D eigenvalue weighted by Gasteiger charge is 2.10. The summed E-state index contributed by atoms with van der Waals surface area (Å²) in [5, 5.41) is 5.07. The van der Waals surface area contributed by atoms with Crippen molar-refractivity contribution in [1.29, 1.82) is 0 Å². The molecule has 7 heteroatoms. The fourth-order valence-electron chi connectivity index (χ4n) is 1.87. The van der Waals surface area contributed by atoms with Crippen LogP contribution in [0.1, 0.15) is 25.3 Å². The van der Waals surface area contributed by atoms with Crippen LogP contribution in [0.5, 0.6) is 0 Å². The molecule has 0 heterocycles. The van der Waals surface area contributed by atoms with Gasteiger partial charge in [0.1, 0.15) is 6.61 Å². The smallest absolute Gasteiger partial charge is 0.407 e. The van der Waals surface area contributed by atoms with E-state index in [0.717, 1.165) is 5.56 Å². The lowest BCUT2D eigenvalue weighted by Gasteiger charge is -2.12. The Morgan fingerprint density at radius 3 is 2.52 bits per heavy atom. The molecule has 1 rings (SSSR count). The summed E-state index contributed by atoms with van der Waals surface area (Å²) < 4.78 is 5.08. The maximum Gasteiger partial charge on any atom is 0.407 e. The summed E-state index contributed by atoms with van der Waals surface area (Å²) in [6.07, 6.45) is 0.414. The Morgan fingerprint density at radius 1 is 1.17 bits per heavy atom. The topological polar surface area (TPSA) is 111 Å².